The molecule has 3 rings (SSSR count). The molecule has 0 aliphatic carbocycles. The minimum absolute atomic E-state index is 0.0405. The summed E-state index contributed by atoms with van der Waals surface area (Å²) in [5.74, 6) is 0. The number of anilines is 1. The minimum atomic E-state index is 0.0405. The molecule has 1 unspecified atom stereocenters. The van der Waals surface area contributed by atoms with Crippen LogP contribution in [-0.4, -0.2) is 4.57 Å². The molecule has 1 atom stereocenters. The van der Waals surface area contributed by atoms with Crippen molar-refractivity contribution < 1.29 is 0 Å². The van der Waals surface area contributed by atoms with Gasteiger partial charge in [-0.05, 0) is 37.5 Å². The summed E-state index contributed by atoms with van der Waals surface area (Å²) in [5.41, 5.74) is 4.34. The summed E-state index contributed by atoms with van der Waals surface area (Å²) in [6, 6.07) is 24.4. The Bertz CT molecular complexity index is 870. The lowest BCUT2D eigenvalue weighted by Crippen LogP contribution is -2.23. The maximum absolute atomic E-state index is 12.5. The summed E-state index contributed by atoms with van der Waals surface area (Å²) < 4.78 is 1.84. The van der Waals surface area contributed by atoms with Crippen LogP contribution in [0.15, 0.2) is 77.6 Å². The van der Waals surface area contributed by atoms with Gasteiger partial charge >= 0.3 is 0 Å². The van der Waals surface area contributed by atoms with Crippen LogP contribution in [0.3, 0.4) is 0 Å². The molecule has 0 spiro atoms. The number of hydrogen-bond acceptors (Lipinski definition) is 2. The van der Waals surface area contributed by atoms with Crippen LogP contribution in [-0.2, 0) is 13.0 Å². The Morgan fingerprint density at radius 2 is 1.60 bits per heavy atom. The number of pyridine rings is 1. The van der Waals surface area contributed by atoms with Crippen LogP contribution < -0.4 is 10.9 Å². The van der Waals surface area contributed by atoms with Gasteiger partial charge in [0.1, 0.15) is 0 Å². The van der Waals surface area contributed by atoms with Crippen molar-refractivity contribution in [1.82, 2.24) is 4.57 Å². The lowest BCUT2D eigenvalue weighted by molar-refractivity contribution is 0.649. The van der Waals surface area contributed by atoms with E-state index >= 15 is 0 Å². The topological polar surface area (TPSA) is 34.0 Å². The van der Waals surface area contributed by atoms with Crippen LogP contribution in [0.25, 0.3) is 0 Å². The number of aryl methyl sites for hydroxylation is 2. The van der Waals surface area contributed by atoms with Crippen LogP contribution in [0, 0.1) is 6.92 Å². The number of nitrogens with zero attached hydrogens (tertiary/aromatic N) is 1. The van der Waals surface area contributed by atoms with E-state index in [1.54, 1.807) is 6.07 Å². The molecule has 0 bridgehead atoms. The second-order valence-electron chi connectivity index (χ2n) is 6.39. The summed E-state index contributed by atoms with van der Waals surface area (Å²) >= 11 is 0. The van der Waals surface area contributed by atoms with Gasteiger partial charge in [0, 0.05) is 30.0 Å². The standard InChI is InChI=1S/C22H24N2O/c1-17-15-21(23-18(2)20-11-7-4-8-12-20)16-22(25)24(17)14-13-19-9-5-3-6-10-19/h3-12,15-16,18,23H,13-14H2,1-2H3. The Hall–Kier alpha value is -2.81. The molecule has 1 heterocycles. The van der Waals surface area contributed by atoms with Crippen LogP contribution in [0.2, 0.25) is 0 Å². The molecule has 0 aliphatic heterocycles. The van der Waals surface area contributed by atoms with Gasteiger partial charge in [-0.25, -0.2) is 0 Å². The zero-order valence-corrected chi connectivity index (χ0v) is 14.8. The molecule has 0 aliphatic rings. The smallest absolute Gasteiger partial charge is 0.252 e. The summed E-state index contributed by atoms with van der Waals surface area (Å²) in [6.07, 6.45) is 0.856. The normalized spacial score (nSPS) is 11.9. The van der Waals surface area contributed by atoms with Crippen LogP contribution in [0.4, 0.5) is 5.69 Å². The van der Waals surface area contributed by atoms with Crippen molar-refractivity contribution in [3.8, 4) is 0 Å². The van der Waals surface area contributed by atoms with E-state index in [0.717, 1.165) is 17.8 Å². The lowest BCUT2D eigenvalue weighted by Gasteiger charge is -2.17. The van der Waals surface area contributed by atoms with E-state index < -0.39 is 0 Å². The highest BCUT2D eigenvalue weighted by Gasteiger charge is 2.08. The van der Waals surface area contributed by atoms with Crippen LogP contribution >= 0.6 is 0 Å². The van der Waals surface area contributed by atoms with Crippen molar-refractivity contribution in [2.75, 3.05) is 5.32 Å². The van der Waals surface area contributed by atoms with E-state index in [-0.39, 0.29) is 11.6 Å². The summed E-state index contributed by atoms with van der Waals surface area (Å²) in [4.78, 5) is 12.5. The van der Waals surface area contributed by atoms with Gasteiger partial charge in [-0.1, -0.05) is 60.7 Å². The largest absolute Gasteiger partial charge is 0.378 e. The Labute approximate surface area is 149 Å². The molecule has 3 aromatic rings. The maximum Gasteiger partial charge on any atom is 0.252 e. The number of hydrogen-bond donors (Lipinski definition) is 1. The average Bonchev–Trinajstić information content (AvgIpc) is 2.62. The first-order valence-corrected chi connectivity index (χ1v) is 8.70. The zero-order valence-electron chi connectivity index (χ0n) is 14.8. The van der Waals surface area contributed by atoms with Crippen LogP contribution in [0.1, 0.15) is 29.8 Å². The van der Waals surface area contributed by atoms with Crippen molar-refractivity contribution >= 4 is 5.69 Å². The molecular weight excluding hydrogens is 308 g/mol. The highest BCUT2D eigenvalue weighted by Crippen LogP contribution is 2.18. The number of aromatic nitrogens is 1. The molecule has 128 valence electrons. The van der Waals surface area contributed by atoms with Gasteiger partial charge in [0.05, 0.1) is 0 Å². The van der Waals surface area contributed by atoms with Crippen molar-refractivity contribution in [1.29, 1.82) is 0 Å². The highest BCUT2D eigenvalue weighted by atomic mass is 16.1. The van der Waals surface area contributed by atoms with Gasteiger partial charge in [-0.15, -0.1) is 0 Å². The molecule has 1 aromatic heterocycles. The highest BCUT2D eigenvalue weighted by molar-refractivity contribution is 5.45. The fourth-order valence-electron chi connectivity index (χ4n) is 3.06. The fourth-order valence-corrected chi connectivity index (χ4v) is 3.06. The van der Waals surface area contributed by atoms with Gasteiger partial charge in [-0.2, -0.15) is 0 Å². The third-order valence-corrected chi connectivity index (χ3v) is 4.48. The predicted octanol–water partition coefficient (Wildman–Crippen LogP) is 4.57. The molecule has 0 fully saturated rings. The number of benzene rings is 2. The van der Waals surface area contributed by atoms with E-state index in [4.69, 9.17) is 0 Å². The summed E-state index contributed by atoms with van der Waals surface area (Å²) in [5, 5.41) is 3.43. The molecule has 0 amide bonds. The third-order valence-electron chi connectivity index (χ3n) is 4.48. The molecule has 1 N–H and O–H groups in total. The molecule has 3 heteroatoms. The van der Waals surface area contributed by atoms with E-state index in [1.807, 2.05) is 54.0 Å². The van der Waals surface area contributed by atoms with Crippen molar-refractivity contribution in [2.45, 2.75) is 32.9 Å². The first kappa shape index (κ1) is 17.0. The predicted molar refractivity (Wildman–Crippen MR) is 104 cm³/mol. The molecule has 25 heavy (non-hydrogen) atoms. The lowest BCUT2D eigenvalue weighted by atomic mass is 10.1. The van der Waals surface area contributed by atoms with Gasteiger partial charge in [0.15, 0.2) is 0 Å². The quantitative estimate of drug-likeness (QED) is 0.717. The SMILES string of the molecule is Cc1cc(NC(C)c2ccccc2)cc(=O)n1CCc1ccccc1. The average molecular weight is 332 g/mol. The van der Waals surface area contributed by atoms with Gasteiger partial charge in [0.2, 0.25) is 0 Å². The Morgan fingerprint density at radius 1 is 0.960 bits per heavy atom. The van der Waals surface area contributed by atoms with Crippen molar-refractivity contribution in [3.05, 3.63) is 100.0 Å². The molecule has 0 saturated heterocycles. The number of nitrogens with one attached hydrogen (secondary N) is 1. The Morgan fingerprint density at radius 3 is 2.24 bits per heavy atom. The first-order chi connectivity index (χ1) is 12.1. The van der Waals surface area contributed by atoms with E-state index in [1.165, 1.54) is 11.1 Å². The van der Waals surface area contributed by atoms with Gasteiger partial charge in [0.25, 0.3) is 5.56 Å². The molecule has 3 nitrogen and oxygen atoms in total. The minimum Gasteiger partial charge on any atom is -0.378 e. The summed E-state index contributed by atoms with van der Waals surface area (Å²) in [6.45, 7) is 4.79. The fraction of sp³-hybridized carbons (Fsp3) is 0.227. The van der Waals surface area contributed by atoms with E-state index in [9.17, 15) is 4.79 Å². The van der Waals surface area contributed by atoms with Crippen LogP contribution in [0.5, 0.6) is 0 Å². The van der Waals surface area contributed by atoms with Crippen molar-refractivity contribution in [3.63, 3.8) is 0 Å². The second-order valence-corrected chi connectivity index (χ2v) is 6.39. The van der Waals surface area contributed by atoms with E-state index in [2.05, 4.69) is 36.5 Å². The second kappa shape index (κ2) is 7.84. The number of rotatable bonds is 6. The molecule has 0 saturated carbocycles. The molecular formula is C22H24N2O. The van der Waals surface area contributed by atoms with Crippen molar-refractivity contribution in [2.24, 2.45) is 0 Å². The maximum atomic E-state index is 12.5. The monoisotopic (exact) mass is 332 g/mol. The van der Waals surface area contributed by atoms with E-state index in [0.29, 0.717) is 6.54 Å². The first-order valence-electron chi connectivity index (χ1n) is 8.70. The Balaban J connectivity index is 1.73. The summed E-state index contributed by atoms with van der Waals surface area (Å²) in [7, 11) is 0. The van der Waals surface area contributed by atoms with Gasteiger partial charge < -0.3 is 9.88 Å². The zero-order chi connectivity index (χ0) is 17.6. The molecule has 2 aromatic carbocycles. The Kier molecular flexibility index (Phi) is 5.34. The van der Waals surface area contributed by atoms with Gasteiger partial charge in [-0.3, -0.25) is 4.79 Å². The third kappa shape index (κ3) is 4.38. The molecule has 0 radical (unpaired) electrons.